The molecule has 1 amide bonds. The van der Waals surface area contributed by atoms with Crippen molar-refractivity contribution >= 4 is 5.91 Å². The van der Waals surface area contributed by atoms with E-state index in [0.29, 0.717) is 28.5 Å². The van der Waals surface area contributed by atoms with Gasteiger partial charge in [0.15, 0.2) is 17.2 Å². The van der Waals surface area contributed by atoms with E-state index in [1.54, 1.807) is 42.5 Å². The van der Waals surface area contributed by atoms with E-state index in [2.05, 4.69) is 20.7 Å². The van der Waals surface area contributed by atoms with Crippen molar-refractivity contribution in [2.24, 2.45) is 0 Å². The van der Waals surface area contributed by atoms with Crippen molar-refractivity contribution in [2.75, 3.05) is 0 Å². The number of hydrogen-bond donors (Lipinski definition) is 2. The summed E-state index contributed by atoms with van der Waals surface area (Å²) in [6.07, 6.45) is 1.54. The highest BCUT2D eigenvalue weighted by Gasteiger charge is 2.15. The molecule has 0 radical (unpaired) electrons. The molecule has 0 spiro atoms. The summed E-state index contributed by atoms with van der Waals surface area (Å²) in [7, 11) is 0. The molecule has 26 heavy (non-hydrogen) atoms. The number of nitrogens with zero attached hydrogens (tertiary/aromatic N) is 2. The van der Waals surface area contributed by atoms with Crippen LogP contribution >= 0.6 is 0 Å². The van der Waals surface area contributed by atoms with Crippen LogP contribution in [0.2, 0.25) is 0 Å². The molecule has 7 nitrogen and oxygen atoms in total. The Morgan fingerprint density at radius 2 is 2.04 bits per heavy atom. The molecule has 4 aromatic rings. The van der Waals surface area contributed by atoms with Crippen molar-refractivity contribution in [3.63, 3.8) is 0 Å². The van der Waals surface area contributed by atoms with Crippen molar-refractivity contribution in [1.29, 1.82) is 0 Å². The number of aromatic amines is 1. The lowest BCUT2D eigenvalue weighted by Crippen LogP contribution is -2.23. The predicted molar refractivity (Wildman–Crippen MR) is 89.4 cm³/mol. The quantitative estimate of drug-likeness (QED) is 0.574. The smallest absolute Gasteiger partial charge is 0.272 e. The number of H-pyrrole nitrogens is 1. The molecule has 0 aliphatic carbocycles. The zero-order chi connectivity index (χ0) is 17.9. The Hall–Kier alpha value is -3.68. The summed E-state index contributed by atoms with van der Waals surface area (Å²) >= 11 is 0. The average Bonchev–Trinajstić information content (AvgIpc) is 3.40. The molecule has 0 fully saturated rings. The van der Waals surface area contributed by atoms with Gasteiger partial charge in [0.1, 0.15) is 17.2 Å². The van der Waals surface area contributed by atoms with Gasteiger partial charge in [-0.15, -0.1) is 0 Å². The number of amides is 1. The van der Waals surface area contributed by atoms with Crippen LogP contribution in [0.1, 0.15) is 16.2 Å². The van der Waals surface area contributed by atoms with Gasteiger partial charge < -0.3 is 14.3 Å². The van der Waals surface area contributed by atoms with Crippen LogP contribution in [0.4, 0.5) is 4.39 Å². The minimum Gasteiger partial charge on any atom is -0.463 e. The van der Waals surface area contributed by atoms with Gasteiger partial charge in [0.05, 0.1) is 18.4 Å². The molecule has 1 aromatic carbocycles. The maximum atomic E-state index is 13.8. The van der Waals surface area contributed by atoms with Gasteiger partial charge >= 0.3 is 0 Å². The van der Waals surface area contributed by atoms with E-state index >= 15 is 0 Å². The summed E-state index contributed by atoms with van der Waals surface area (Å²) in [5.74, 6) is 0.102. The Balaban J connectivity index is 1.42. The lowest BCUT2D eigenvalue weighted by molar-refractivity contribution is 0.0945. The van der Waals surface area contributed by atoms with E-state index in [4.69, 9.17) is 8.94 Å². The van der Waals surface area contributed by atoms with Crippen LogP contribution in [0.15, 0.2) is 63.7 Å². The molecule has 0 saturated carbocycles. The fourth-order valence-corrected chi connectivity index (χ4v) is 2.44. The maximum absolute atomic E-state index is 13.8. The van der Waals surface area contributed by atoms with Crippen LogP contribution in [0, 0.1) is 5.82 Å². The van der Waals surface area contributed by atoms with E-state index < -0.39 is 5.82 Å². The van der Waals surface area contributed by atoms with E-state index in [0.717, 1.165) is 0 Å². The first kappa shape index (κ1) is 15.8. The molecule has 0 unspecified atom stereocenters. The number of benzene rings is 1. The van der Waals surface area contributed by atoms with Gasteiger partial charge in [0.2, 0.25) is 0 Å². The third-order valence-electron chi connectivity index (χ3n) is 3.73. The molecule has 0 aliphatic rings. The zero-order valence-electron chi connectivity index (χ0n) is 13.4. The topological polar surface area (TPSA) is 97.0 Å². The SMILES string of the molecule is O=C(NCc1cc(-c2ccccc2F)on1)c1cc(-c2ccco2)[nH]n1. The maximum Gasteiger partial charge on any atom is 0.272 e. The van der Waals surface area contributed by atoms with Crippen LogP contribution in [0.3, 0.4) is 0 Å². The molecule has 0 saturated heterocycles. The number of carbonyl (C=O) groups is 1. The van der Waals surface area contributed by atoms with Crippen LogP contribution in [-0.4, -0.2) is 21.3 Å². The first-order chi connectivity index (χ1) is 12.7. The van der Waals surface area contributed by atoms with Gasteiger partial charge in [-0.2, -0.15) is 5.10 Å². The van der Waals surface area contributed by atoms with Gasteiger partial charge in [0, 0.05) is 12.1 Å². The minimum atomic E-state index is -0.402. The lowest BCUT2D eigenvalue weighted by atomic mass is 10.1. The van der Waals surface area contributed by atoms with Crippen molar-refractivity contribution in [3.8, 4) is 22.8 Å². The lowest BCUT2D eigenvalue weighted by Gasteiger charge is -1.98. The molecule has 4 rings (SSSR count). The van der Waals surface area contributed by atoms with Crippen molar-refractivity contribution in [2.45, 2.75) is 6.54 Å². The van der Waals surface area contributed by atoms with E-state index in [-0.39, 0.29) is 18.1 Å². The second-order valence-corrected chi connectivity index (χ2v) is 5.49. The Bertz CT molecular complexity index is 1040. The predicted octanol–water partition coefficient (Wildman–Crippen LogP) is 3.39. The molecular weight excluding hydrogens is 339 g/mol. The first-order valence-electron chi connectivity index (χ1n) is 7.78. The largest absolute Gasteiger partial charge is 0.463 e. The molecule has 8 heteroatoms. The molecule has 3 heterocycles. The first-order valence-corrected chi connectivity index (χ1v) is 7.78. The van der Waals surface area contributed by atoms with Crippen molar-refractivity contribution in [3.05, 3.63) is 72.0 Å². The van der Waals surface area contributed by atoms with E-state index in [1.807, 2.05) is 0 Å². The second kappa shape index (κ2) is 6.67. The fraction of sp³-hybridized carbons (Fsp3) is 0.0556. The molecule has 0 bridgehead atoms. The summed E-state index contributed by atoms with van der Waals surface area (Å²) in [6, 6.07) is 12.9. The third kappa shape index (κ3) is 3.12. The zero-order valence-corrected chi connectivity index (χ0v) is 13.4. The van der Waals surface area contributed by atoms with Crippen molar-refractivity contribution < 1.29 is 18.1 Å². The Kier molecular flexibility index (Phi) is 4.06. The van der Waals surface area contributed by atoms with Crippen molar-refractivity contribution in [1.82, 2.24) is 20.7 Å². The van der Waals surface area contributed by atoms with Crippen LogP contribution in [0.25, 0.3) is 22.8 Å². The van der Waals surface area contributed by atoms with Gasteiger partial charge in [-0.1, -0.05) is 17.3 Å². The number of rotatable bonds is 5. The molecule has 0 atom stereocenters. The summed E-state index contributed by atoms with van der Waals surface area (Å²) in [4.78, 5) is 12.2. The highest BCUT2D eigenvalue weighted by Crippen LogP contribution is 2.23. The van der Waals surface area contributed by atoms with Gasteiger partial charge in [0.25, 0.3) is 5.91 Å². The van der Waals surface area contributed by atoms with Gasteiger partial charge in [-0.05, 0) is 24.3 Å². The standard InChI is InChI=1S/C18H13FN4O3/c19-13-5-2-1-4-12(13)17-8-11(23-26-17)10-20-18(24)15-9-14(21-22-15)16-6-3-7-25-16/h1-9H,10H2,(H,20,24)(H,21,22). The highest BCUT2D eigenvalue weighted by molar-refractivity contribution is 5.93. The molecule has 2 N–H and O–H groups in total. The average molecular weight is 352 g/mol. The number of nitrogens with one attached hydrogen (secondary N) is 2. The number of carbonyl (C=O) groups excluding carboxylic acids is 1. The number of hydrogen-bond acceptors (Lipinski definition) is 5. The summed E-state index contributed by atoms with van der Waals surface area (Å²) < 4.78 is 24.1. The fourth-order valence-electron chi connectivity index (χ4n) is 2.44. The highest BCUT2D eigenvalue weighted by atomic mass is 19.1. The minimum absolute atomic E-state index is 0.125. The summed E-state index contributed by atoms with van der Waals surface area (Å²) in [5.41, 5.74) is 1.60. The number of aromatic nitrogens is 3. The third-order valence-corrected chi connectivity index (χ3v) is 3.73. The number of halogens is 1. The van der Waals surface area contributed by atoms with E-state index in [1.165, 1.54) is 12.3 Å². The summed E-state index contributed by atoms with van der Waals surface area (Å²) in [6.45, 7) is 0.125. The molecule has 130 valence electrons. The van der Waals surface area contributed by atoms with Crippen LogP contribution in [-0.2, 0) is 6.54 Å². The van der Waals surface area contributed by atoms with Crippen LogP contribution < -0.4 is 5.32 Å². The Morgan fingerprint density at radius 1 is 1.15 bits per heavy atom. The monoisotopic (exact) mass is 352 g/mol. The molecule has 0 aliphatic heterocycles. The normalized spacial score (nSPS) is 10.8. The Morgan fingerprint density at radius 3 is 2.85 bits per heavy atom. The van der Waals surface area contributed by atoms with Gasteiger partial charge in [-0.25, -0.2) is 4.39 Å². The molecule has 3 aromatic heterocycles. The summed E-state index contributed by atoms with van der Waals surface area (Å²) in [5, 5.41) is 13.2. The van der Waals surface area contributed by atoms with Crippen LogP contribution in [0.5, 0.6) is 0 Å². The second-order valence-electron chi connectivity index (χ2n) is 5.49. The van der Waals surface area contributed by atoms with E-state index in [9.17, 15) is 9.18 Å². The molecular formula is C18H13FN4O3. The number of furan rings is 1. The Labute approximate surface area is 146 Å². The van der Waals surface area contributed by atoms with Gasteiger partial charge in [-0.3, -0.25) is 9.89 Å².